The van der Waals surface area contributed by atoms with Gasteiger partial charge in [0.15, 0.2) is 0 Å². The van der Waals surface area contributed by atoms with Gasteiger partial charge in [-0.3, -0.25) is 4.79 Å². The number of para-hydroxylation sites is 1. The van der Waals surface area contributed by atoms with Crippen molar-refractivity contribution in [2.75, 3.05) is 5.32 Å². The van der Waals surface area contributed by atoms with Crippen molar-refractivity contribution in [3.05, 3.63) is 96.4 Å². The van der Waals surface area contributed by atoms with Gasteiger partial charge < -0.3 is 9.72 Å². The Morgan fingerprint density at radius 2 is 1.83 bits per heavy atom. The summed E-state index contributed by atoms with van der Waals surface area (Å²) < 4.78 is 1.99. The number of hydrogen-bond acceptors (Lipinski definition) is 3. The third-order valence-corrected chi connectivity index (χ3v) is 4.86. The van der Waals surface area contributed by atoms with Gasteiger partial charge in [-0.2, -0.15) is 0 Å². The predicted molar refractivity (Wildman–Crippen MR) is 115 cm³/mol. The number of carbonyl (C=O) groups is 1. The highest BCUT2D eigenvalue weighted by molar-refractivity contribution is 6.04. The van der Waals surface area contributed by atoms with Gasteiger partial charge in [-0.15, -0.1) is 0 Å². The van der Waals surface area contributed by atoms with Crippen LogP contribution in [0.2, 0.25) is 0 Å². The molecule has 29 heavy (non-hydrogen) atoms. The number of carbonyl (C=O) groups excluding carboxylic acids is 1. The number of pyridine rings is 2. The van der Waals surface area contributed by atoms with Gasteiger partial charge in [-0.05, 0) is 48.9 Å². The Bertz CT molecular complexity index is 1370. The Labute approximate surface area is 167 Å². The lowest BCUT2D eigenvalue weighted by Crippen LogP contribution is -2.13. The molecule has 0 unspecified atom stereocenters. The molecular weight excluding hydrogens is 360 g/mol. The number of aromatic nitrogens is 3. The molecule has 5 heteroatoms. The van der Waals surface area contributed by atoms with E-state index in [0.29, 0.717) is 11.4 Å². The van der Waals surface area contributed by atoms with Gasteiger partial charge in [0, 0.05) is 29.0 Å². The standard InChI is InChI=1S/C24H18N4O/c1-16-11-12-28-15-22(27-23(28)13-16)18-6-4-7-19(14-18)25-24(29)21-10-9-17-5-2-3-8-20(17)26-21/h2-15H,1H3,(H,25,29). The van der Waals surface area contributed by atoms with Gasteiger partial charge in [0.05, 0.1) is 11.2 Å². The van der Waals surface area contributed by atoms with E-state index in [-0.39, 0.29) is 5.91 Å². The highest BCUT2D eigenvalue weighted by atomic mass is 16.1. The lowest BCUT2D eigenvalue weighted by molar-refractivity contribution is 0.102. The zero-order valence-corrected chi connectivity index (χ0v) is 15.8. The van der Waals surface area contributed by atoms with Crippen LogP contribution in [-0.4, -0.2) is 20.3 Å². The van der Waals surface area contributed by atoms with Crippen LogP contribution in [0.5, 0.6) is 0 Å². The summed E-state index contributed by atoms with van der Waals surface area (Å²) in [7, 11) is 0. The molecule has 0 saturated carbocycles. The van der Waals surface area contributed by atoms with E-state index >= 15 is 0 Å². The van der Waals surface area contributed by atoms with Crippen LogP contribution in [0.4, 0.5) is 5.69 Å². The van der Waals surface area contributed by atoms with Gasteiger partial charge in [0.25, 0.3) is 5.91 Å². The molecule has 3 aromatic heterocycles. The fourth-order valence-corrected chi connectivity index (χ4v) is 3.37. The highest BCUT2D eigenvalue weighted by Gasteiger charge is 2.10. The molecule has 0 aliphatic heterocycles. The first kappa shape index (κ1) is 17.1. The minimum Gasteiger partial charge on any atom is -0.321 e. The third kappa shape index (κ3) is 3.34. The van der Waals surface area contributed by atoms with E-state index in [9.17, 15) is 4.79 Å². The Hall–Kier alpha value is -3.99. The average Bonchev–Trinajstić information content (AvgIpc) is 3.17. The van der Waals surface area contributed by atoms with Crippen LogP contribution in [-0.2, 0) is 0 Å². The second-order valence-electron chi connectivity index (χ2n) is 7.02. The van der Waals surface area contributed by atoms with Crippen LogP contribution in [0.3, 0.4) is 0 Å². The summed E-state index contributed by atoms with van der Waals surface area (Å²) in [6.07, 6.45) is 3.98. The van der Waals surface area contributed by atoms with Gasteiger partial charge in [0.1, 0.15) is 11.3 Å². The quantitative estimate of drug-likeness (QED) is 0.475. The first-order chi connectivity index (χ1) is 14.2. The van der Waals surface area contributed by atoms with E-state index in [0.717, 1.165) is 27.8 Å². The molecular formula is C24H18N4O. The summed E-state index contributed by atoms with van der Waals surface area (Å²) >= 11 is 0. The van der Waals surface area contributed by atoms with E-state index in [1.807, 2.05) is 90.4 Å². The fraction of sp³-hybridized carbons (Fsp3) is 0.0417. The first-order valence-electron chi connectivity index (χ1n) is 9.39. The maximum absolute atomic E-state index is 12.7. The molecule has 0 fully saturated rings. The number of amides is 1. The average molecular weight is 378 g/mol. The van der Waals surface area contributed by atoms with Gasteiger partial charge in [-0.1, -0.05) is 36.4 Å². The molecule has 0 aliphatic rings. The normalized spacial score (nSPS) is 11.1. The van der Waals surface area contributed by atoms with Crippen molar-refractivity contribution in [1.82, 2.24) is 14.4 Å². The van der Waals surface area contributed by atoms with Crippen molar-refractivity contribution in [2.45, 2.75) is 6.92 Å². The Balaban J connectivity index is 1.43. The van der Waals surface area contributed by atoms with Crippen molar-refractivity contribution in [2.24, 2.45) is 0 Å². The highest BCUT2D eigenvalue weighted by Crippen LogP contribution is 2.23. The number of fused-ring (bicyclic) bond motifs is 2. The van der Waals surface area contributed by atoms with Crippen molar-refractivity contribution in [1.29, 1.82) is 0 Å². The van der Waals surface area contributed by atoms with Crippen molar-refractivity contribution < 1.29 is 4.79 Å². The third-order valence-electron chi connectivity index (χ3n) is 4.86. The maximum Gasteiger partial charge on any atom is 0.274 e. The summed E-state index contributed by atoms with van der Waals surface area (Å²) in [6.45, 7) is 2.05. The van der Waals surface area contributed by atoms with E-state index in [1.54, 1.807) is 6.07 Å². The van der Waals surface area contributed by atoms with Crippen molar-refractivity contribution in [3.63, 3.8) is 0 Å². The number of rotatable bonds is 3. The van der Waals surface area contributed by atoms with Crippen LogP contribution < -0.4 is 5.32 Å². The molecule has 1 amide bonds. The molecule has 0 bridgehead atoms. The summed E-state index contributed by atoms with van der Waals surface area (Å²) in [4.78, 5) is 21.8. The van der Waals surface area contributed by atoms with E-state index in [4.69, 9.17) is 4.98 Å². The molecule has 0 saturated heterocycles. The van der Waals surface area contributed by atoms with Crippen LogP contribution in [0, 0.1) is 6.92 Å². The molecule has 140 valence electrons. The smallest absolute Gasteiger partial charge is 0.274 e. The lowest BCUT2D eigenvalue weighted by Gasteiger charge is -2.07. The van der Waals surface area contributed by atoms with Gasteiger partial charge in [0.2, 0.25) is 0 Å². The Morgan fingerprint density at radius 1 is 0.931 bits per heavy atom. The van der Waals surface area contributed by atoms with Crippen molar-refractivity contribution in [3.8, 4) is 11.3 Å². The molecule has 1 N–H and O–H groups in total. The number of imidazole rings is 1. The largest absolute Gasteiger partial charge is 0.321 e. The molecule has 5 nitrogen and oxygen atoms in total. The minimum atomic E-state index is -0.237. The summed E-state index contributed by atoms with van der Waals surface area (Å²) in [5.74, 6) is -0.237. The summed E-state index contributed by atoms with van der Waals surface area (Å²) in [6, 6.07) is 23.2. The van der Waals surface area contributed by atoms with Crippen LogP contribution >= 0.6 is 0 Å². The first-order valence-corrected chi connectivity index (χ1v) is 9.39. The molecule has 0 atom stereocenters. The Morgan fingerprint density at radius 3 is 2.76 bits per heavy atom. The monoisotopic (exact) mass is 378 g/mol. The number of aryl methyl sites for hydroxylation is 1. The molecule has 0 radical (unpaired) electrons. The van der Waals surface area contributed by atoms with Gasteiger partial charge >= 0.3 is 0 Å². The van der Waals surface area contributed by atoms with E-state index < -0.39 is 0 Å². The number of anilines is 1. The SMILES string of the molecule is Cc1ccn2cc(-c3cccc(NC(=O)c4ccc5ccccc5n4)c3)nc2c1. The zero-order chi connectivity index (χ0) is 19.8. The second-order valence-corrected chi connectivity index (χ2v) is 7.02. The second kappa shape index (κ2) is 6.87. The van der Waals surface area contributed by atoms with Crippen LogP contribution in [0.1, 0.15) is 16.1 Å². The number of nitrogens with one attached hydrogen (secondary N) is 1. The number of benzene rings is 2. The fourth-order valence-electron chi connectivity index (χ4n) is 3.37. The molecule has 5 aromatic rings. The summed E-state index contributed by atoms with van der Waals surface area (Å²) in [5.41, 5.74) is 5.75. The number of hydrogen-bond donors (Lipinski definition) is 1. The topological polar surface area (TPSA) is 59.3 Å². The molecule has 3 heterocycles. The zero-order valence-electron chi connectivity index (χ0n) is 15.8. The predicted octanol–water partition coefficient (Wildman–Crippen LogP) is 5.11. The maximum atomic E-state index is 12.7. The molecule has 5 rings (SSSR count). The van der Waals surface area contributed by atoms with Crippen molar-refractivity contribution >= 4 is 28.1 Å². The minimum absolute atomic E-state index is 0.237. The molecule has 2 aromatic carbocycles. The lowest BCUT2D eigenvalue weighted by atomic mass is 10.1. The van der Waals surface area contributed by atoms with Crippen LogP contribution in [0.15, 0.2) is 85.2 Å². The molecule has 0 aliphatic carbocycles. The number of nitrogens with zero attached hydrogens (tertiary/aromatic N) is 3. The Kier molecular flexibility index (Phi) is 4.06. The van der Waals surface area contributed by atoms with E-state index in [2.05, 4.69) is 10.3 Å². The van der Waals surface area contributed by atoms with Gasteiger partial charge in [-0.25, -0.2) is 9.97 Å². The summed E-state index contributed by atoms with van der Waals surface area (Å²) in [5, 5.41) is 3.95. The van der Waals surface area contributed by atoms with E-state index in [1.165, 1.54) is 5.56 Å². The molecule has 0 spiro atoms. The van der Waals surface area contributed by atoms with Crippen LogP contribution in [0.25, 0.3) is 27.8 Å².